The number of nitrogens with one attached hydrogen (secondary N) is 1. The van der Waals surface area contributed by atoms with Gasteiger partial charge in [0.15, 0.2) is 0 Å². The van der Waals surface area contributed by atoms with E-state index in [1.165, 1.54) is 35.2 Å². The molecule has 164 valence electrons. The Morgan fingerprint density at radius 2 is 2.03 bits per heavy atom. The van der Waals surface area contributed by atoms with Crippen LogP contribution in [0, 0.1) is 18.2 Å². The molecular formula is C22H22ClFN2O4S. The van der Waals surface area contributed by atoms with E-state index in [1.807, 2.05) is 0 Å². The van der Waals surface area contributed by atoms with Crippen molar-refractivity contribution >= 4 is 27.5 Å². The number of nitrogens with zero attached hydrogens (tertiary/aromatic N) is 1. The van der Waals surface area contributed by atoms with Crippen molar-refractivity contribution in [3.05, 3.63) is 64.4 Å². The van der Waals surface area contributed by atoms with Gasteiger partial charge in [0.05, 0.1) is 17.7 Å². The van der Waals surface area contributed by atoms with Gasteiger partial charge in [-0.2, -0.15) is 0 Å². The summed E-state index contributed by atoms with van der Waals surface area (Å²) in [6.07, 6.45) is 6.88. The van der Waals surface area contributed by atoms with Crippen LogP contribution in [0.25, 0.3) is 0 Å². The SMILES string of the molecule is C#CCN(Cc1ccc(F)cc1)C(=O)c1ccc(Cl)c(S(=O)(=O)NCC2CCCO2)c1. The minimum absolute atomic E-state index is 0.00146. The highest BCUT2D eigenvalue weighted by Gasteiger charge is 2.24. The Labute approximate surface area is 186 Å². The fourth-order valence-electron chi connectivity index (χ4n) is 3.23. The molecule has 1 aliphatic heterocycles. The fourth-order valence-corrected chi connectivity index (χ4v) is 4.82. The maximum Gasteiger partial charge on any atom is 0.254 e. The highest BCUT2D eigenvalue weighted by Crippen LogP contribution is 2.24. The van der Waals surface area contributed by atoms with Crippen LogP contribution in [0.2, 0.25) is 5.02 Å². The zero-order chi connectivity index (χ0) is 22.4. The van der Waals surface area contributed by atoms with Gasteiger partial charge >= 0.3 is 0 Å². The van der Waals surface area contributed by atoms with Gasteiger partial charge in [0.25, 0.3) is 5.91 Å². The summed E-state index contributed by atoms with van der Waals surface area (Å²) < 4.78 is 46.6. The molecule has 6 nitrogen and oxygen atoms in total. The molecule has 31 heavy (non-hydrogen) atoms. The number of carbonyl (C=O) groups is 1. The van der Waals surface area contributed by atoms with E-state index in [9.17, 15) is 17.6 Å². The van der Waals surface area contributed by atoms with Crippen LogP contribution in [0.3, 0.4) is 0 Å². The van der Waals surface area contributed by atoms with E-state index in [2.05, 4.69) is 10.6 Å². The number of benzene rings is 2. The first kappa shape index (κ1) is 23.2. The molecule has 0 bridgehead atoms. The van der Waals surface area contributed by atoms with Crippen molar-refractivity contribution < 1.29 is 22.3 Å². The van der Waals surface area contributed by atoms with Crippen molar-refractivity contribution in [2.75, 3.05) is 19.7 Å². The van der Waals surface area contributed by atoms with Gasteiger partial charge in [-0.15, -0.1) is 6.42 Å². The zero-order valence-electron chi connectivity index (χ0n) is 16.7. The van der Waals surface area contributed by atoms with E-state index in [0.717, 1.165) is 12.8 Å². The van der Waals surface area contributed by atoms with Gasteiger partial charge in [0.2, 0.25) is 10.0 Å². The first-order valence-corrected chi connectivity index (χ1v) is 11.5. The molecule has 0 aromatic heterocycles. The first-order valence-electron chi connectivity index (χ1n) is 9.68. The molecule has 0 radical (unpaired) electrons. The predicted molar refractivity (Wildman–Crippen MR) is 116 cm³/mol. The number of halogens is 2. The van der Waals surface area contributed by atoms with E-state index >= 15 is 0 Å². The second kappa shape index (κ2) is 10.2. The molecule has 2 aromatic rings. The van der Waals surface area contributed by atoms with Crippen LogP contribution >= 0.6 is 11.6 Å². The van der Waals surface area contributed by atoms with E-state index in [-0.39, 0.29) is 47.0 Å². The highest BCUT2D eigenvalue weighted by atomic mass is 35.5. The van der Waals surface area contributed by atoms with E-state index in [0.29, 0.717) is 12.2 Å². The molecule has 2 aromatic carbocycles. The highest BCUT2D eigenvalue weighted by molar-refractivity contribution is 7.89. The summed E-state index contributed by atoms with van der Waals surface area (Å²) in [6.45, 7) is 0.879. The van der Waals surface area contributed by atoms with Crippen LogP contribution in [-0.2, 0) is 21.3 Å². The quantitative estimate of drug-likeness (QED) is 0.609. The van der Waals surface area contributed by atoms with Crippen molar-refractivity contribution in [3.63, 3.8) is 0 Å². The molecular weight excluding hydrogens is 443 g/mol. The Kier molecular flexibility index (Phi) is 7.68. The summed E-state index contributed by atoms with van der Waals surface area (Å²) in [6, 6.07) is 9.73. The number of ether oxygens (including phenoxy) is 1. The summed E-state index contributed by atoms with van der Waals surface area (Å²) in [4.78, 5) is 14.2. The molecule has 0 spiro atoms. The van der Waals surface area contributed by atoms with E-state index in [4.69, 9.17) is 22.8 Å². The lowest BCUT2D eigenvalue weighted by molar-refractivity contribution is 0.0765. The third kappa shape index (κ3) is 6.05. The lowest BCUT2D eigenvalue weighted by atomic mass is 10.1. The van der Waals surface area contributed by atoms with Crippen LogP contribution in [-0.4, -0.2) is 45.0 Å². The van der Waals surface area contributed by atoms with Gasteiger partial charge in [-0.3, -0.25) is 4.79 Å². The smallest absolute Gasteiger partial charge is 0.254 e. The number of hydrogen-bond donors (Lipinski definition) is 1. The molecule has 0 saturated carbocycles. The number of amides is 1. The van der Waals surface area contributed by atoms with Crippen molar-refractivity contribution in [2.24, 2.45) is 0 Å². The average molecular weight is 465 g/mol. The topological polar surface area (TPSA) is 75.7 Å². The molecule has 1 N–H and O–H groups in total. The van der Waals surface area contributed by atoms with Gasteiger partial charge in [0, 0.05) is 25.3 Å². The Hall–Kier alpha value is -2.44. The molecule has 1 saturated heterocycles. The molecule has 1 fully saturated rings. The van der Waals surface area contributed by atoms with Gasteiger partial charge in [-0.1, -0.05) is 29.7 Å². The summed E-state index contributed by atoms with van der Waals surface area (Å²) >= 11 is 6.12. The standard InChI is InChI=1S/C22H22ClFN2O4S/c1-2-11-26(15-16-5-8-18(24)9-6-16)22(27)17-7-10-20(23)21(13-17)31(28,29)25-14-19-4-3-12-30-19/h1,5-10,13,19,25H,3-4,11-12,14-15H2. The molecule has 1 aliphatic rings. The molecule has 9 heteroatoms. The number of terminal acetylenes is 1. The van der Waals surface area contributed by atoms with Crippen LogP contribution in [0.15, 0.2) is 47.4 Å². The monoisotopic (exact) mass is 464 g/mol. The molecule has 3 rings (SSSR count). The Bertz CT molecular complexity index is 1080. The number of sulfonamides is 1. The van der Waals surface area contributed by atoms with Gasteiger partial charge < -0.3 is 9.64 Å². The number of hydrogen-bond acceptors (Lipinski definition) is 4. The van der Waals surface area contributed by atoms with Gasteiger partial charge in [0.1, 0.15) is 10.7 Å². The largest absolute Gasteiger partial charge is 0.377 e. The normalized spacial score (nSPS) is 16.1. The van der Waals surface area contributed by atoms with Crippen molar-refractivity contribution in [1.82, 2.24) is 9.62 Å². The summed E-state index contributed by atoms with van der Waals surface area (Å²) in [7, 11) is -3.95. The summed E-state index contributed by atoms with van der Waals surface area (Å²) in [5.74, 6) is 1.57. The second-order valence-electron chi connectivity index (χ2n) is 7.12. The molecule has 0 aliphatic carbocycles. The van der Waals surface area contributed by atoms with Crippen molar-refractivity contribution in [2.45, 2.75) is 30.4 Å². The third-order valence-corrected chi connectivity index (χ3v) is 6.75. The maximum atomic E-state index is 13.2. The van der Waals surface area contributed by atoms with Gasteiger partial charge in [-0.25, -0.2) is 17.5 Å². The fraction of sp³-hybridized carbons (Fsp3) is 0.318. The Morgan fingerprint density at radius 3 is 2.68 bits per heavy atom. The Balaban J connectivity index is 1.81. The molecule has 1 unspecified atom stereocenters. The third-order valence-electron chi connectivity index (χ3n) is 4.85. The predicted octanol–water partition coefficient (Wildman–Crippen LogP) is 3.21. The minimum atomic E-state index is -3.95. The number of carbonyl (C=O) groups excluding carboxylic acids is 1. The lowest BCUT2D eigenvalue weighted by Crippen LogP contribution is -2.33. The van der Waals surface area contributed by atoms with Crippen LogP contribution < -0.4 is 4.72 Å². The summed E-state index contributed by atoms with van der Waals surface area (Å²) in [5.41, 5.74) is 0.810. The molecule has 1 amide bonds. The minimum Gasteiger partial charge on any atom is -0.377 e. The number of rotatable bonds is 8. The first-order chi connectivity index (χ1) is 14.8. The van der Waals surface area contributed by atoms with Crippen LogP contribution in [0.4, 0.5) is 4.39 Å². The molecule has 1 atom stereocenters. The summed E-state index contributed by atoms with van der Waals surface area (Å²) in [5, 5.41) is -0.00146. The second-order valence-corrected chi connectivity index (χ2v) is 9.27. The zero-order valence-corrected chi connectivity index (χ0v) is 18.3. The van der Waals surface area contributed by atoms with E-state index in [1.54, 1.807) is 12.1 Å². The van der Waals surface area contributed by atoms with Crippen molar-refractivity contribution in [1.29, 1.82) is 0 Å². The van der Waals surface area contributed by atoms with E-state index < -0.39 is 15.9 Å². The lowest BCUT2D eigenvalue weighted by Gasteiger charge is -2.21. The van der Waals surface area contributed by atoms with Crippen molar-refractivity contribution in [3.8, 4) is 12.3 Å². The van der Waals surface area contributed by atoms with Crippen LogP contribution in [0.1, 0.15) is 28.8 Å². The average Bonchev–Trinajstić information content (AvgIpc) is 3.27. The van der Waals surface area contributed by atoms with Gasteiger partial charge in [-0.05, 0) is 48.7 Å². The Morgan fingerprint density at radius 1 is 1.29 bits per heavy atom. The molecule has 1 heterocycles. The van der Waals surface area contributed by atoms with Crippen LogP contribution in [0.5, 0.6) is 0 Å². The maximum absolute atomic E-state index is 13.2.